The van der Waals surface area contributed by atoms with Gasteiger partial charge in [-0.1, -0.05) is 18.6 Å². The normalized spacial score (nSPS) is 41.2. The fourth-order valence-electron chi connectivity index (χ4n) is 3.54. The van der Waals surface area contributed by atoms with E-state index in [9.17, 15) is 15.0 Å². The van der Waals surface area contributed by atoms with Crippen molar-refractivity contribution in [2.75, 3.05) is 6.61 Å². The number of rotatable bonds is 1. The molecule has 3 nitrogen and oxygen atoms in total. The Balaban J connectivity index is 2.20. The number of aliphatic hydroxyl groups is 2. The van der Waals surface area contributed by atoms with Gasteiger partial charge in [0.05, 0.1) is 6.61 Å². The number of hydrogen-bond donors (Lipinski definition) is 2. The van der Waals surface area contributed by atoms with Crippen LogP contribution in [-0.2, 0) is 4.79 Å². The third-order valence-electron chi connectivity index (χ3n) is 5.07. The molecule has 3 rings (SSSR count). The molecule has 0 unspecified atom stereocenters. The van der Waals surface area contributed by atoms with Crippen molar-refractivity contribution in [3.8, 4) is 0 Å². The minimum Gasteiger partial charge on any atom is -0.395 e. The summed E-state index contributed by atoms with van der Waals surface area (Å²) in [6, 6.07) is 0. The molecule has 2 atom stereocenters. The molecule has 1 fully saturated rings. The molecule has 18 heavy (non-hydrogen) atoms. The average molecular weight is 247 g/mol. The van der Waals surface area contributed by atoms with Crippen LogP contribution in [0.2, 0.25) is 0 Å². The molecule has 0 aliphatic heterocycles. The number of ketones is 1. The number of carbonyl (C=O) groups excluding carboxylic acids is 1. The molecule has 3 aliphatic rings. The van der Waals surface area contributed by atoms with Gasteiger partial charge in [-0.3, -0.25) is 4.79 Å². The first kappa shape index (κ1) is 12.1. The molecule has 1 saturated carbocycles. The van der Waals surface area contributed by atoms with E-state index >= 15 is 0 Å². The SMILES string of the molecule is CC1=C2[CH][C@](C)(CO)C=C2C(=O)[C@](C)(O)C12CC2. The minimum absolute atomic E-state index is 0.0182. The van der Waals surface area contributed by atoms with Gasteiger partial charge in [0.1, 0.15) is 5.60 Å². The molecule has 3 heteroatoms. The summed E-state index contributed by atoms with van der Waals surface area (Å²) in [4.78, 5) is 12.5. The molecule has 0 aromatic rings. The number of aliphatic hydroxyl groups excluding tert-OH is 1. The zero-order valence-corrected chi connectivity index (χ0v) is 11.1. The third-order valence-corrected chi connectivity index (χ3v) is 5.07. The molecule has 0 saturated heterocycles. The van der Waals surface area contributed by atoms with Crippen LogP contribution in [0, 0.1) is 17.3 Å². The van der Waals surface area contributed by atoms with Gasteiger partial charge in [0.2, 0.25) is 0 Å². The predicted octanol–water partition coefficient (Wildman–Crippen LogP) is 1.56. The topological polar surface area (TPSA) is 57.5 Å². The summed E-state index contributed by atoms with van der Waals surface area (Å²) in [5.41, 5.74) is 0.523. The van der Waals surface area contributed by atoms with Crippen LogP contribution < -0.4 is 0 Å². The summed E-state index contributed by atoms with van der Waals surface area (Å²) < 4.78 is 0. The summed E-state index contributed by atoms with van der Waals surface area (Å²) >= 11 is 0. The standard InChI is InChI=1S/C15H19O3/c1-9-10-6-13(2,8-16)7-11(10)12(17)14(3,18)15(9)4-5-15/h6-7,16,18H,4-5,8H2,1-3H3/t13-,14-/m0/s1. The van der Waals surface area contributed by atoms with Gasteiger partial charge in [0.15, 0.2) is 5.78 Å². The minimum atomic E-state index is -1.29. The fourth-order valence-corrected chi connectivity index (χ4v) is 3.54. The van der Waals surface area contributed by atoms with Crippen molar-refractivity contribution >= 4 is 5.78 Å². The van der Waals surface area contributed by atoms with Gasteiger partial charge in [0.25, 0.3) is 0 Å². The Labute approximate surface area is 107 Å². The summed E-state index contributed by atoms with van der Waals surface area (Å²) in [7, 11) is 0. The van der Waals surface area contributed by atoms with E-state index < -0.39 is 11.0 Å². The smallest absolute Gasteiger partial charge is 0.194 e. The first-order chi connectivity index (χ1) is 8.27. The molecule has 0 bridgehead atoms. The lowest BCUT2D eigenvalue weighted by atomic mass is 9.68. The molecular formula is C15H19O3. The highest BCUT2D eigenvalue weighted by molar-refractivity contribution is 6.09. The average Bonchev–Trinajstić information content (AvgIpc) is 3.06. The second kappa shape index (κ2) is 3.14. The van der Waals surface area contributed by atoms with Crippen molar-refractivity contribution in [3.05, 3.63) is 29.2 Å². The molecular weight excluding hydrogens is 228 g/mol. The van der Waals surface area contributed by atoms with Gasteiger partial charge in [-0.05, 0) is 32.3 Å². The molecule has 0 aromatic heterocycles. The zero-order valence-electron chi connectivity index (χ0n) is 11.1. The van der Waals surface area contributed by atoms with Crippen LogP contribution in [0.5, 0.6) is 0 Å². The number of hydrogen-bond acceptors (Lipinski definition) is 3. The second-order valence-electron chi connectivity index (χ2n) is 6.39. The fraction of sp³-hybridized carbons (Fsp3) is 0.600. The Bertz CT molecular complexity index is 506. The van der Waals surface area contributed by atoms with Crippen LogP contribution >= 0.6 is 0 Å². The number of Topliss-reactive ketones (excluding diaryl/α,β-unsaturated/α-hetero) is 1. The van der Waals surface area contributed by atoms with Crippen LogP contribution in [0.15, 0.2) is 22.8 Å². The maximum Gasteiger partial charge on any atom is 0.194 e. The Morgan fingerprint density at radius 2 is 1.94 bits per heavy atom. The van der Waals surface area contributed by atoms with Gasteiger partial charge < -0.3 is 10.2 Å². The first-order valence-electron chi connectivity index (χ1n) is 6.46. The Kier molecular flexibility index (Phi) is 2.12. The van der Waals surface area contributed by atoms with Gasteiger partial charge in [0, 0.05) is 22.8 Å². The zero-order chi connectivity index (χ0) is 13.3. The molecule has 3 aliphatic carbocycles. The van der Waals surface area contributed by atoms with Crippen molar-refractivity contribution < 1.29 is 15.0 Å². The molecule has 0 amide bonds. The quantitative estimate of drug-likeness (QED) is 0.739. The Morgan fingerprint density at radius 3 is 2.44 bits per heavy atom. The monoisotopic (exact) mass is 247 g/mol. The van der Waals surface area contributed by atoms with E-state index in [2.05, 4.69) is 0 Å². The number of fused-ring (bicyclic) bond motifs is 1. The van der Waals surface area contributed by atoms with Crippen molar-refractivity contribution in [1.82, 2.24) is 0 Å². The van der Waals surface area contributed by atoms with E-state index in [1.54, 1.807) is 13.0 Å². The summed E-state index contributed by atoms with van der Waals surface area (Å²) in [6.45, 7) is 5.53. The van der Waals surface area contributed by atoms with Crippen LogP contribution in [0.4, 0.5) is 0 Å². The van der Waals surface area contributed by atoms with Crippen molar-refractivity contribution in [2.24, 2.45) is 10.8 Å². The van der Waals surface area contributed by atoms with Gasteiger partial charge in [-0.15, -0.1) is 0 Å². The van der Waals surface area contributed by atoms with Crippen LogP contribution in [-0.4, -0.2) is 28.2 Å². The van der Waals surface area contributed by atoms with Crippen molar-refractivity contribution in [1.29, 1.82) is 0 Å². The van der Waals surface area contributed by atoms with Gasteiger partial charge in [-0.25, -0.2) is 0 Å². The van der Waals surface area contributed by atoms with Crippen LogP contribution in [0.1, 0.15) is 33.6 Å². The maximum absolute atomic E-state index is 12.5. The van der Waals surface area contributed by atoms with E-state index in [4.69, 9.17) is 0 Å². The summed E-state index contributed by atoms with van der Waals surface area (Å²) in [5.74, 6) is -0.186. The summed E-state index contributed by atoms with van der Waals surface area (Å²) in [6.07, 6.45) is 5.53. The van der Waals surface area contributed by atoms with E-state index in [-0.39, 0.29) is 17.8 Å². The molecule has 1 spiro atoms. The highest BCUT2D eigenvalue weighted by Crippen LogP contribution is 2.65. The molecule has 0 aromatic carbocycles. The van der Waals surface area contributed by atoms with Gasteiger partial charge in [-0.2, -0.15) is 0 Å². The highest BCUT2D eigenvalue weighted by Gasteiger charge is 2.65. The Morgan fingerprint density at radius 1 is 1.33 bits per heavy atom. The molecule has 0 heterocycles. The second-order valence-corrected chi connectivity index (χ2v) is 6.39. The van der Waals surface area contributed by atoms with E-state index in [0.29, 0.717) is 5.57 Å². The largest absolute Gasteiger partial charge is 0.395 e. The van der Waals surface area contributed by atoms with Crippen molar-refractivity contribution in [2.45, 2.75) is 39.2 Å². The van der Waals surface area contributed by atoms with E-state index in [1.807, 2.05) is 20.3 Å². The third kappa shape index (κ3) is 1.19. The lowest BCUT2D eigenvalue weighted by Crippen LogP contribution is -2.49. The van der Waals surface area contributed by atoms with Crippen LogP contribution in [0.25, 0.3) is 0 Å². The highest BCUT2D eigenvalue weighted by atomic mass is 16.3. The van der Waals surface area contributed by atoms with Crippen molar-refractivity contribution in [3.63, 3.8) is 0 Å². The predicted molar refractivity (Wildman–Crippen MR) is 67.6 cm³/mol. The summed E-state index contributed by atoms with van der Waals surface area (Å²) in [5, 5.41) is 20.0. The maximum atomic E-state index is 12.5. The van der Waals surface area contributed by atoms with E-state index in [1.165, 1.54) is 0 Å². The number of carbonyl (C=O) groups is 1. The van der Waals surface area contributed by atoms with E-state index in [0.717, 1.165) is 24.0 Å². The molecule has 1 radical (unpaired) electrons. The number of allylic oxidation sites excluding steroid dienone is 1. The molecule has 2 N–H and O–H groups in total. The van der Waals surface area contributed by atoms with Crippen LogP contribution in [0.3, 0.4) is 0 Å². The lowest BCUT2D eigenvalue weighted by Gasteiger charge is -2.38. The van der Waals surface area contributed by atoms with Gasteiger partial charge >= 0.3 is 0 Å². The first-order valence-corrected chi connectivity index (χ1v) is 6.46. The Hall–Kier alpha value is -0.930. The lowest BCUT2D eigenvalue weighted by molar-refractivity contribution is -0.137. The molecule has 97 valence electrons.